The van der Waals surface area contributed by atoms with Crippen molar-refractivity contribution in [2.45, 2.75) is 32.2 Å². The summed E-state index contributed by atoms with van der Waals surface area (Å²) in [5, 5.41) is 12.8. The molecule has 0 radical (unpaired) electrons. The second-order valence-corrected chi connectivity index (χ2v) is 6.89. The van der Waals surface area contributed by atoms with Crippen molar-refractivity contribution in [1.29, 1.82) is 0 Å². The Bertz CT molecular complexity index is 538. The Morgan fingerprint density at radius 3 is 2.71 bits per heavy atom. The minimum absolute atomic E-state index is 0.199. The van der Waals surface area contributed by atoms with Gasteiger partial charge in [0.2, 0.25) is 0 Å². The van der Waals surface area contributed by atoms with Crippen LogP contribution in [0.5, 0.6) is 5.75 Å². The van der Waals surface area contributed by atoms with Crippen LogP contribution in [-0.2, 0) is 16.1 Å². The molecule has 1 aliphatic heterocycles. The summed E-state index contributed by atoms with van der Waals surface area (Å²) < 4.78 is 11.3. The molecule has 2 fully saturated rings. The predicted octanol–water partition coefficient (Wildman–Crippen LogP) is 2.69. The Morgan fingerprint density at radius 1 is 1.25 bits per heavy atom. The van der Waals surface area contributed by atoms with Crippen LogP contribution in [0, 0.1) is 17.8 Å². The van der Waals surface area contributed by atoms with Gasteiger partial charge in [0.25, 0.3) is 0 Å². The first kappa shape index (κ1) is 17.2. The molecule has 3 rings (SSSR count). The number of benzene rings is 1. The van der Waals surface area contributed by atoms with E-state index in [1.807, 2.05) is 24.3 Å². The summed E-state index contributed by atoms with van der Waals surface area (Å²) in [6, 6.07) is 8.01. The van der Waals surface area contributed by atoms with Crippen molar-refractivity contribution in [1.82, 2.24) is 5.32 Å². The first-order chi connectivity index (χ1) is 11.7. The van der Waals surface area contributed by atoms with Crippen molar-refractivity contribution in [3.63, 3.8) is 0 Å². The Morgan fingerprint density at radius 2 is 2.00 bits per heavy atom. The van der Waals surface area contributed by atoms with Crippen LogP contribution >= 0.6 is 0 Å². The maximum Gasteiger partial charge on any atom is 0.308 e. The predicted molar refractivity (Wildman–Crippen MR) is 91.0 cm³/mol. The van der Waals surface area contributed by atoms with Crippen LogP contribution in [0.3, 0.4) is 0 Å². The fraction of sp³-hybridized carbons (Fsp3) is 0.632. The minimum Gasteiger partial charge on any atom is -0.493 e. The lowest BCUT2D eigenvalue weighted by molar-refractivity contribution is -0.144. The third-order valence-corrected chi connectivity index (χ3v) is 4.98. The lowest BCUT2D eigenvalue weighted by Gasteiger charge is -2.27. The molecule has 132 valence electrons. The lowest BCUT2D eigenvalue weighted by atomic mass is 9.86. The molecule has 5 heteroatoms. The number of carboxylic acid groups (broad SMARTS) is 1. The molecule has 1 atom stereocenters. The second-order valence-electron chi connectivity index (χ2n) is 6.89. The van der Waals surface area contributed by atoms with Crippen LogP contribution in [0.2, 0.25) is 0 Å². The number of hydrogen-bond acceptors (Lipinski definition) is 4. The van der Waals surface area contributed by atoms with E-state index < -0.39 is 5.97 Å². The molecular weight excluding hydrogens is 306 g/mol. The standard InChI is InChI=1S/C19H27NO4/c21-19(22)17(15-7-9-23-10-8-15)12-20-11-16-3-1-2-4-18(16)24-13-14-5-6-14/h1-4,14-15,17,20H,5-13H2,(H,21,22). The maximum atomic E-state index is 11.6. The summed E-state index contributed by atoms with van der Waals surface area (Å²) in [6.07, 6.45) is 4.21. The Balaban J connectivity index is 1.51. The maximum absolute atomic E-state index is 11.6. The molecule has 1 heterocycles. The number of rotatable bonds is 9. The Hall–Kier alpha value is -1.59. The summed E-state index contributed by atoms with van der Waals surface area (Å²) in [5.41, 5.74) is 1.09. The van der Waals surface area contributed by atoms with Gasteiger partial charge in [-0.15, -0.1) is 0 Å². The van der Waals surface area contributed by atoms with Crippen LogP contribution in [0.25, 0.3) is 0 Å². The van der Waals surface area contributed by atoms with Gasteiger partial charge in [-0.05, 0) is 43.6 Å². The molecule has 2 aliphatic rings. The van der Waals surface area contributed by atoms with E-state index in [1.54, 1.807) is 0 Å². The molecule has 1 saturated heterocycles. The van der Waals surface area contributed by atoms with E-state index in [4.69, 9.17) is 9.47 Å². The fourth-order valence-electron chi connectivity index (χ4n) is 3.22. The van der Waals surface area contributed by atoms with Gasteiger partial charge in [0, 0.05) is 31.9 Å². The van der Waals surface area contributed by atoms with Crippen LogP contribution in [-0.4, -0.2) is 37.4 Å². The molecule has 5 nitrogen and oxygen atoms in total. The smallest absolute Gasteiger partial charge is 0.308 e. The van der Waals surface area contributed by atoms with Crippen LogP contribution in [0.15, 0.2) is 24.3 Å². The largest absolute Gasteiger partial charge is 0.493 e. The number of para-hydroxylation sites is 1. The number of aliphatic carboxylic acids is 1. The van der Waals surface area contributed by atoms with Gasteiger partial charge in [-0.2, -0.15) is 0 Å². The molecule has 1 aromatic rings. The summed E-state index contributed by atoms with van der Waals surface area (Å²) in [6.45, 7) is 3.25. The summed E-state index contributed by atoms with van der Waals surface area (Å²) >= 11 is 0. The Kier molecular flexibility index (Phi) is 6.10. The van der Waals surface area contributed by atoms with E-state index >= 15 is 0 Å². The second kappa shape index (κ2) is 8.49. The molecule has 1 aliphatic carbocycles. The van der Waals surface area contributed by atoms with E-state index in [0.29, 0.717) is 26.3 Å². The number of ether oxygens (including phenoxy) is 2. The van der Waals surface area contributed by atoms with E-state index in [0.717, 1.165) is 36.7 Å². The van der Waals surface area contributed by atoms with E-state index in [-0.39, 0.29) is 11.8 Å². The van der Waals surface area contributed by atoms with Crippen molar-refractivity contribution < 1.29 is 19.4 Å². The van der Waals surface area contributed by atoms with Crippen LogP contribution in [0.1, 0.15) is 31.2 Å². The van der Waals surface area contributed by atoms with Gasteiger partial charge in [0.05, 0.1) is 12.5 Å². The van der Waals surface area contributed by atoms with E-state index in [2.05, 4.69) is 5.32 Å². The van der Waals surface area contributed by atoms with Crippen molar-refractivity contribution in [3.8, 4) is 5.75 Å². The number of carbonyl (C=O) groups is 1. The highest BCUT2D eigenvalue weighted by molar-refractivity contribution is 5.70. The number of hydrogen-bond donors (Lipinski definition) is 2. The molecule has 0 bridgehead atoms. The third-order valence-electron chi connectivity index (χ3n) is 4.98. The zero-order valence-corrected chi connectivity index (χ0v) is 14.1. The number of carboxylic acids is 1. The molecule has 1 aromatic carbocycles. The van der Waals surface area contributed by atoms with Gasteiger partial charge in [-0.3, -0.25) is 4.79 Å². The van der Waals surface area contributed by atoms with Crippen LogP contribution in [0.4, 0.5) is 0 Å². The molecule has 2 N–H and O–H groups in total. The molecule has 24 heavy (non-hydrogen) atoms. The van der Waals surface area contributed by atoms with Gasteiger partial charge in [-0.1, -0.05) is 18.2 Å². The summed E-state index contributed by atoms with van der Waals surface area (Å²) in [4.78, 5) is 11.6. The quantitative estimate of drug-likeness (QED) is 0.727. The SMILES string of the molecule is O=C(O)C(CNCc1ccccc1OCC1CC1)C1CCOCC1. The zero-order valence-electron chi connectivity index (χ0n) is 14.1. The molecule has 1 saturated carbocycles. The average Bonchev–Trinajstić information content (AvgIpc) is 3.42. The van der Waals surface area contributed by atoms with Crippen molar-refractivity contribution in [3.05, 3.63) is 29.8 Å². The van der Waals surface area contributed by atoms with Gasteiger partial charge >= 0.3 is 5.97 Å². The first-order valence-corrected chi connectivity index (χ1v) is 8.96. The third kappa shape index (κ3) is 4.95. The van der Waals surface area contributed by atoms with Crippen molar-refractivity contribution in [2.75, 3.05) is 26.4 Å². The highest BCUT2D eigenvalue weighted by Crippen LogP contribution is 2.30. The molecule has 1 unspecified atom stereocenters. The normalized spacial score (nSPS) is 19.8. The molecular formula is C19H27NO4. The summed E-state index contributed by atoms with van der Waals surface area (Å²) in [7, 11) is 0. The van der Waals surface area contributed by atoms with Crippen molar-refractivity contribution in [2.24, 2.45) is 17.8 Å². The van der Waals surface area contributed by atoms with Gasteiger partial charge in [0.15, 0.2) is 0 Å². The Labute approximate surface area is 143 Å². The average molecular weight is 333 g/mol. The highest BCUT2D eigenvalue weighted by Gasteiger charge is 2.29. The molecule has 0 spiro atoms. The monoisotopic (exact) mass is 333 g/mol. The van der Waals surface area contributed by atoms with E-state index in [9.17, 15) is 9.90 Å². The zero-order chi connectivity index (χ0) is 16.8. The lowest BCUT2D eigenvalue weighted by Crippen LogP contribution is -2.36. The highest BCUT2D eigenvalue weighted by atomic mass is 16.5. The molecule has 0 aromatic heterocycles. The topological polar surface area (TPSA) is 67.8 Å². The first-order valence-electron chi connectivity index (χ1n) is 8.96. The fourth-order valence-corrected chi connectivity index (χ4v) is 3.22. The van der Waals surface area contributed by atoms with Crippen LogP contribution < -0.4 is 10.1 Å². The van der Waals surface area contributed by atoms with Gasteiger partial charge in [0.1, 0.15) is 5.75 Å². The molecule has 0 amide bonds. The van der Waals surface area contributed by atoms with Gasteiger partial charge in [-0.25, -0.2) is 0 Å². The summed E-state index contributed by atoms with van der Waals surface area (Å²) in [5.74, 6) is 0.761. The van der Waals surface area contributed by atoms with Gasteiger partial charge < -0.3 is 19.9 Å². The number of nitrogens with one attached hydrogen (secondary N) is 1. The minimum atomic E-state index is -0.715. The van der Waals surface area contributed by atoms with Crippen molar-refractivity contribution >= 4 is 5.97 Å². The van der Waals surface area contributed by atoms with E-state index in [1.165, 1.54) is 12.8 Å².